The molecular formula is C23H21ClN4O. The van der Waals surface area contributed by atoms with Gasteiger partial charge in [0.25, 0.3) is 0 Å². The Morgan fingerprint density at radius 3 is 2.66 bits per heavy atom. The zero-order chi connectivity index (χ0) is 20.0. The number of rotatable bonds is 4. The molecule has 1 aromatic carbocycles. The van der Waals surface area contributed by atoms with E-state index in [1.165, 1.54) is 0 Å². The summed E-state index contributed by atoms with van der Waals surface area (Å²) in [5.41, 5.74) is 4.92. The van der Waals surface area contributed by atoms with Crippen LogP contribution in [-0.2, 0) is 0 Å². The summed E-state index contributed by atoms with van der Waals surface area (Å²) < 4.78 is 5.29. The molecule has 0 bridgehead atoms. The van der Waals surface area contributed by atoms with E-state index in [4.69, 9.17) is 16.3 Å². The van der Waals surface area contributed by atoms with E-state index in [9.17, 15) is 0 Å². The number of aromatic amines is 1. The quantitative estimate of drug-likeness (QED) is 0.494. The number of pyridine rings is 2. The number of nitrogens with one attached hydrogen (secondary N) is 1. The number of ether oxygens (including phenoxy) is 1. The zero-order valence-corrected chi connectivity index (χ0v) is 17.1. The molecule has 0 spiro atoms. The first-order chi connectivity index (χ1) is 14.1. The number of benzene rings is 1. The molecule has 0 unspecified atom stereocenters. The molecule has 3 aromatic heterocycles. The second-order valence-corrected chi connectivity index (χ2v) is 8.04. The lowest BCUT2D eigenvalue weighted by Crippen LogP contribution is -2.45. The van der Waals surface area contributed by atoms with E-state index in [0.717, 1.165) is 58.1 Å². The number of nitrogens with zero attached hydrogens (tertiary/aromatic N) is 3. The van der Waals surface area contributed by atoms with Crippen LogP contribution in [0.3, 0.4) is 0 Å². The van der Waals surface area contributed by atoms with Gasteiger partial charge in [-0.2, -0.15) is 0 Å². The topological polar surface area (TPSA) is 54.0 Å². The van der Waals surface area contributed by atoms with Crippen LogP contribution in [0.5, 0.6) is 5.75 Å². The molecule has 5 rings (SSSR count). The van der Waals surface area contributed by atoms with Crippen LogP contribution >= 0.6 is 11.6 Å². The third-order valence-electron chi connectivity index (χ3n) is 5.42. The van der Waals surface area contributed by atoms with Crippen LogP contribution in [0, 0.1) is 5.92 Å². The van der Waals surface area contributed by atoms with Crippen LogP contribution in [-0.4, -0.2) is 35.2 Å². The van der Waals surface area contributed by atoms with Gasteiger partial charge < -0.3 is 14.6 Å². The molecular weight excluding hydrogens is 384 g/mol. The molecule has 1 saturated heterocycles. The van der Waals surface area contributed by atoms with E-state index in [-0.39, 0.29) is 0 Å². The van der Waals surface area contributed by atoms with Crippen LogP contribution in [0.15, 0.2) is 55.0 Å². The molecule has 1 N–H and O–H groups in total. The molecule has 1 aliphatic heterocycles. The summed E-state index contributed by atoms with van der Waals surface area (Å²) in [5, 5.41) is 1.75. The summed E-state index contributed by atoms with van der Waals surface area (Å²) >= 11 is 6.57. The van der Waals surface area contributed by atoms with Gasteiger partial charge in [-0.25, -0.2) is 4.98 Å². The van der Waals surface area contributed by atoms with Crippen molar-refractivity contribution in [3.8, 4) is 28.1 Å². The second kappa shape index (κ2) is 7.08. The third kappa shape index (κ3) is 3.32. The third-order valence-corrected chi connectivity index (χ3v) is 5.73. The highest BCUT2D eigenvalue weighted by molar-refractivity contribution is 6.34. The predicted octanol–water partition coefficient (Wildman–Crippen LogP) is 5.41. The van der Waals surface area contributed by atoms with Crippen molar-refractivity contribution < 1.29 is 4.74 Å². The van der Waals surface area contributed by atoms with Crippen LogP contribution < -0.4 is 9.64 Å². The number of H-pyrrole nitrogens is 1. The SMILES string of the molecule is COc1cncc(-c2cc3cc(-c4ccc(N5CC(C)C5)nc4)[nH]c3cc2Cl)c1. The van der Waals surface area contributed by atoms with Crippen molar-refractivity contribution in [2.45, 2.75) is 6.92 Å². The number of anilines is 1. The Labute approximate surface area is 174 Å². The first-order valence-electron chi connectivity index (χ1n) is 9.64. The number of fused-ring (bicyclic) bond motifs is 1. The Bertz CT molecular complexity index is 1180. The highest BCUT2D eigenvalue weighted by atomic mass is 35.5. The van der Waals surface area contributed by atoms with Gasteiger partial charge in [0.1, 0.15) is 11.6 Å². The molecule has 0 saturated carbocycles. The van der Waals surface area contributed by atoms with E-state index >= 15 is 0 Å². The second-order valence-electron chi connectivity index (χ2n) is 7.63. The Hall–Kier alpha value is -3.05. The molecule has 1 fully saturated rings. The number of halogens is 1. The van der Waals surface area contributed by atoms with Crippen LogP contribution in [0.2, 0.25) is 5.02 Å². The summed E-state index contributed by atoms with van der Waals surface area (Å²) in [4.78, 5) is 14.6. The van der Waals surface area contributed by atoms with Crippen LogP contribution in [0.25, 0.3) is 33.3 Å². The maximum atomic E-state index is 6.57. The van der Waals surface area contributed by atoms with E-state index in [2.05, 4.69) is 51.0 Å². The van der Waals surface area contributed by atoms with Gasteiger partial charge in [-0.3, -0.25) is 4.98 Å². The minimum Gasteiger partial charge on any atom is -0.495 e. The maximum absolute atomic E-state index is 6.57. The number of hydrogen-bond acceptors (Lipinski definition) is 4. The largest absolute Gasteiger partial charge is 0.495 e. The van der Waals surface area contributed by atoms with Gasteiger partial charge in [-0.1, -0.05) is 18.5 Å². The van der Waals surface area contributed by atoms with Crippen molar-refractivity contribution in [3.63, 3.8) is 0 Å². The van der Waals surface area contributed by atoms with Crippen molar-refractivity contribution >= 4 is 28.3 Å². The summed E-state index contributed by atoms with van der Waals surface area (Å²) in [5.74, 6) is 2.50. The minimum atomic E-state index is 0.668. The molecule has 0 atom stereocenters. The van der Waals surface area contributed by atoms with E-state index < -0.39 is 0 Å². The highest BCUT2D eigenvalue weighted by Crippen LogP contribution is 2.35. The fraction of sp³-hybridized carbons (Fsp3) is 0.217. The normalized spacial score (nSPS) is 14.2. The summed E-state index contributed by atoms with van der Waals surface area (Å²) in [6.45, 7) is 4.43. The fourth-order valence-corrected chi connectivity index (χ4v) is 4.10. The van der Waals surface area contributed by atoms with Crippen molar-refractivity contribution in [2.75, 3.05) is 25.1 Å². The molecule has 4 heterocycles. The van der Waals surface area contributed by atoms with Gasteiger partial charge in [-0.15, -0.1) is 0 Å². The number of hydrogen-bond donors (Lipinski definition) is 1. The average molecular weight is 405 g/mol. The molecule has 4 aromatic rings. The van der Waals surface area contributed by atoms with Crippen molar-refractivity contribution in [2.24, 2.45) is 5.92 Å². The van der Waals surface area contributed by atoms with Crippen molar-refractivity contribution in [1.82, 2.24) is 15.0 Å². The lowest BCUT2D eigenvalue weighted by Gasteiger charge is -2.38. The van der Waals surface area contributed by atoms with Crippen molar-refractivity contribution in [3.05, 3.63) is 60.0 Å². The molecule has 29 heavy (non-hydrogen) atoms. The first-order valence-corrected chi connectivity index (χ1v) is 10.0. The van der Waals surface area contributed by atoms with Crippen LogP contribution in [0.1, 0.15) is 6.92 Å². The van der Waals surface area contributed by atoms with E-state index in [1.54, 1.807) is 19.5 Å². The monoisotopic (exact) mass is 404 g/mol. The number of aromatic nitrogens is 3. The van der Waals surface area contributed by atoms with Crippen LogP contribution in [0.4, 0.5) is 5.82 Å². The Balaban J connectivity index is 1.49. The van der Waals surface area contributed by atoms with E-state index in [0.29, 0.717) is 10.8 Å². The summed E-state index contributed by atoms with van der Waals surface area (Å²) in [7, 11) is 1.63. The average Bonchev–Trinajstić information content (AvgIpc) is 3.14. The fourth-order valence-electron chi connectivity index (χ4n) is 3.83. The first kappa shape index (κ1) is 18.0. The molecule has 0 aliphatic carbocycles. The predicted molar refractivity (Wildman–Crippen MR) is 118 cm³/mol. The van der Waals surface area contributed by atoms with Gasteiger partial charge in [0.15, 0.2) is 0 Å². The minimum absolute atomic E-state index is 0.668. The van der Waals surface area contributed by atoms with Gasteiger partial charge in [0, 0.05) is 58.8 Å². The summed E-state index contributed by atoms with van der Waals surface area (Å²) in [6, 6.07) is 12.3. The van der Waals surface area contributed by atoms with E-state index in [1.807, 2.05) is 18.3 Å². The maximum Gasteiger partial charge on any atom is 0.137 e. The van der Waals surface area contributed by atoms with Gasteiger partial charge in [0.05, 0.1) is 18.3 Å². The van der Waals surface area contributed by atoms with Gasteiger partial charge >= 0.3 is 0 Å². The smallest absolute Gasteiger partial charge is 0.137 e. The van der Waals surface area contributed by atoms with Gasteiger partial charge in [-0.05, 0) is 42.3 Å². The Morgan fingerprint density at radius 1 is 1.07 bits per heavy atom. The lowest BCUT2D eigenvalue weighted by molar-refractivity contribution is 0.413. The number of methoxy groups -OCH3 is 1. The zero-order valence-electron chi connectivity index (χ0n) is 16.3. The Morgan fingerprint density at radius 2 is 1.93 bits per heavy atom. The molecule has 5 nitrogen and oxygen atoms in total. The molecule has 1 aliphatic rings. The molecule has 6 heteroatoms. The summed E-state index contributed by atoms with van der Waals surface area (Å²) in [6.07, 6.45) is 5.40. The Kier molecular flexibility index (Phi) is 4.40. The van der Waals surface area contributed by atoms with Crippen molar-refractivity contribution in [1.29, 1.82) is 0 Å². The lowest BCUT2D eigenvalue weighted by atomic mass is 10.0. The highest BCUT2D eigenvalue weighted by Gasteiger charge is 2.23. The standard InChI is InChI=1S/C23H21ClN4O/c1-14-12-28(13-14)23-4-3-15(10-26-23)21-7-16-6-19(20(24)8-22(16)27-21)17-5-18(29-2)11-25-9-17/h3-11,14,27H,12-13H2,1-2H3. The van der Waals surface area contributed by atoms with Gasteiger partial charge in [0.2, 0.25) is 0 Å². The molecule has 0 radical (unpaired) electrons. The molecule has 0 amide bonds. The molecule has 146 valence electrons.